The summed E-state index contributed by atoms with van der Waals surface area (Å²) in [5.74, 6) is 5.57. The van der Waals surface area contributed by atoms with Crippen LogP contribution in [0.1, 0.15) is 251 Å². The third-order valence-corrected chi connectivity index (χ3v) is 23.8. The average Bonchev–Trinajstić information content (AvgIpc) is 3.33. The molecule has 5 nitrogen and oxygen atoms in total. The van der Waals surface area contributed by atoms with E-state index in [0.717, 1.165) is 83.8 Å². The van der Waals surface area contributed by atoms with Gasteiger partial charge < -0.3 is 10.6 Å². The van der Waals surface area contributed by atoms with Crippen LogP contribution >= 0.6 is 0 Å². The van der Waals surface area contributed by atoms with E-state index < -0.39 is 0 Å². The summed E-state index contributed by atoms with van der Waals surface area (Å²) in [6.07, 6.45) is 56.6. The lowest BCUT2D eigenvalue weighted by Gasteiger charge is -2.74. The Kier molecular flexibility index (Phi) is 13.2. The molecular formula is C59H101N5. The molecule has 10 atom stereocenters. The van der Waals surface area contributed by atoms with Crippen LogP contribution in [-0.4, -0.2) is 87.8 Å². The predicted octanol–water partition coefficient (Wildman–Crippen LogP) is 13.4. The Bertz CT molecular complexity index is 1410. The Labute approximate surface area is 394 Å². The Morgan fingerprint density at radius 3 is 1.36 bits per heavy atom. The van der Waals surface area contributed by atoms with E-state index in [2.05, 4.69) is 39.2 Å². The molecule has 4 bridgehead atoms. The molecule has 0 amide bonds. The minimum absolute atomic E-state index is 0.426. The molecular weight excluding hydrogens is 779 g/mol. The first-order valence-corrected chi connectivity index (χ1v) is 30.2. The second-order valence-corrected chi connectivity index (χ2v) is 27.5. The summed E-state index contributed by atoms with van der Waals surface area (Å²) >= 11 is 0. The van der Waals surface area contributed by atoms with Gasteiger partial charge in [0.2, 0.25) is 0 Å². The molecule has 13 rings (SSSR count). The zero-order valence-electron chi connectivity index (χ0n) is 42.1. The molecule has 2 saturated heterocycles. The largest absolute Gasteiger partial charge is 0.302 e. The number of nitrogens with one attached hydrogen (secondary N) is 2. The van der Waals surface area contributed by atoms with Crippen LogP contribution in [0, 0.1) is 46.3 Å². The van der Waals surface area contributed by atoms with E-state index in [1.807, 2.05) is 0 Å². The number of fused-ring (bicyclic) bond motifs is 2. The summed E-state index contributed by atoms with van der Waals surface area (Å²) in [5.41, 5.74) is 1.54. The molecule has 0 radical (unpaired) electrons. The van der Waals surface area contributed by atoms with E-state index in [4.69, 9.17) is 0 Å². The number of rotatable bonds is 9. The Balaban J connectivity index is 0.892. The molecule has 0 aromatic rings. The zero-order valence-corrected chi connectivity index (χ0v) is 42.1. The van der Waals surface area contributed by atoms with Gasteiger partial charge in [-0.1, -0.05) is 97.3 Å². The number of nitrogens with zero attached hydrogens (tertiary/aromatic N) is 3. The molecule has 0 spiro atoms. The van der Waals surface area contributed by atoms with Crippen molar-refractivity contribution in [2.24, 2.45) is 46.3 Å². The standard InChI is InChI=1S/C59H101N5/c1-57(2)52-35-50(62(46-19-7-3-8-20-46)47-21-9-4-10-22-47)27-29-54(52)64(55-30-28-51(36-53(55)57)63(48-23-11-5-12-24-48)49-25-13-6-14-26-49)59-39-42-33-43(40-59)38-58(37-42,41-59)45-18-15-17-44(34-45)56-60-31-16-32-61-56/h42-56,60-61H,3-41H2,1-2H3. The SMILES string of the molecule is CC1(C)C2CC(N(C3CCCCC3)C3CCCCC3)CCC2N(C23CC4CC(CC(C5CCCC(C6NCCCN6)C5)(C4)C2)C3)C2CCC(N(C3CCCCC3)C3CCCCC3)CC21. The molecule has 2 heterocycles. The summed E-state index contributed by atoms with van der Waals surface area (Å²) in [7, 11) is 0. The number of piperidine rings is 1. The Hall–Kier alpha value is -0.200. The quantitative estimate of drug-likeness (QED) is 0.241. The molecule has 11 saturated carbocycles. The van der Waals surface area contributed by atoms with Crippen LogP contribution in [0.2, 0.25) is 0 Å². The maximum atomic E-state index is 3.99. The summed E-state index contributed by atoms with van der Waals surface area (Å²) in [4.78, 5) is 10.4. The molecule has 0 aromatic heterocycles. The minimum atomic E-state index is 0.426. The van der Waals surface area contributed by atoms with E-state index in [9.17, 15) is 0 Å². The van der Waals surface area contributed by atoms with Gasteiger partial charge in [-0.3, -0.25) is 14.7 Å². The number of hydrogen-bond acceptors (Lipinski definition) is 5. The summed E-state index contributed by atoms with van der Waals surface area (Å²) in [6, 6.07) is 6.88. The number of likely N-dealkylation sites (tertiary alicyclic amines) is 1. The van der Waals surface area contributed by atoms with Gasteiger partial charge >= 0.3 is 0 Å². The zero-order chi connectivity index (χ0) is 42.9. The second-order valence-electron chi connectivity index (χ2n) is 27.5. The van der Waals surface area contributed by atoms with Crippen LogP contribution in [0.3, 0.4) is 0 Å². The van der Waals surface area contributed by atoms with Crippen LogP contribution in [0.15, 0.2) is 0 Å². The van der Waals surface area contributed by atoms with Crippen molar-refractivity contribution in [3.8, 4) is 0 Å². The van der Waals surface area contributed by atoms with Crippen LogP contribution < -0.4 is 10.6 Å². The highest BCUT2D eigenvalue weighted by molar-refractivity contribution is 5.20. The third kappa shape index (κ3) is 8.31. The minimum Gasteiger partial charge on any atom is -0.302 e. The van der Waals surface area contributed by atoms with Gasteiger partial charge in [-0.15, -0.1) is 0 Å². The van der Waals surface area contributed by atoms with Crippen molar-refractivity contribution in [1.82, 2.24) is 25.3 Å². The van der Waals surface area contributed by atoms with Gasteiger partial charge in [-0.25, -0.2) is 0 Å². The molecule has 13 fully saturated rings. The topological polar surface area (TPSA) is 33.8 Å². The van der Waals surface area contributed by atoms with Crippen molar-refractivity contribution in [1.29, 1.82) is 0 Å². The average molecular weight is 880 g/mol. The normalized spacial score (nSPS) is 45.8. The molecule has 5 heteroatoms. The van der Waals surface area contributed by atoms with Gasteiger partial charge in [0.1, 0.15) is 0 Å². The molecule has 11 aliphatic carbocycles. The third-order valence-electron chi connectivity index (χ3n) is 23.8. The molecule has 0 aromatic carbocycles. The first-order valence-electron chi connectivity index (χ1n) is 30.2. The fraction of sp³-hybridized carbons (Fsp3) is 1.00. The highest BCUT2D eigenvalue weighted by atomic mass is 15.3. The van der Waals surface area contributed by atoms with E-state index in [0.29, 0.717) is 22.5 Å². The molecule has 64 heavy (non-hydrogen) atoms. The van der Waals surface area contributed by atoms with E-state index in [-0.39, 0.29) is 0 Å². The van der Waals surface area contributed by atoms with Crippen LogP contribution in [0.5, 0.6) is 0 Å². The lowest BCUT2D eigenvalue weighted by Crippen LogP contribution is -2.75. The molecule has 362 valence electrons. The smallest absolute Gasteiger partial charge is 0.0600 e. The molecule has 2 N–H and O–H groups in total. The van der Waals surface area contributed by atoms with Crippen LogP contribution in [0.4, 0.5) is 0 Å². The Morgan fingerprint density at radius 1 is 0.422 bits per heavy atom. The molecule has 2 aliphatic heterocycles. The molecule has 10 unspecified atom stereocenters. The van der Waals surface area contributed by atoms with Gasteiger partial charge in [0.15, 0.2) is 0 Å². The van der Waals surface area contributed by atoms with E-state index >= 15 is 0 Å². The summed E-state index contributed by atoms with van der Waals surface area (Å²) in [6.45, 7) is 8.32. The van der Waals surface area contributed by atoms with Gasteiger partial charge in [0.25, 0.3) is 0 Å². The maximum absolute atomic E-state index is 3.99. The van der Waals surface area contributed by atoms with Crippen LogP contribution in [0.25, 0.3) is 0 Å². The van der Waals surface area contributed by atoms with Crippen molar-refractivity contribution in [3.05, 3.63) is 0 Å². The van der Waals surface area contributed by atoms with Gasteiger partial charge in [-0.05, 0) is 214 Å². The molecule has 13 aliphatic rings. The highest BCUT2D eigenvalue weighted by Crippen LogP contribution is 2.70. The fourth-order valence-corrected chi connectivity index (χ4v) is 21.8. The van der Waals surface area contributed by atoms with Crippen molar-refractivity contribution in [2.75, 3.05) is 13.1 Å². The summed E-state index contributed by atoms with van der Waals surface area (Å²) < 4.78 is 0. The fourth-order valence-electron chi connectivity index (χ4n) is 21.8. The van der Waals surface area contributed by atoms with E-state index in [1.54, 1.807) is 44.9 Å². The van der Waals surface area contributed by atoms with Crippen molar-refractivity contribution < 1.29 is 0 Å². The number of hydrogen-bond donors (Lipinski definition) is 2. The predicted molar refractivity (Wildman–Crippen MR) is 266 cm³/mol. The lowest BCUT2D eigenvalue weighted by molar-refractivity contribution is -0.235. The van der Waals surface area contributed by atoms with Gasteiger partial charge in [0.05, 0.1) is 6.17 Å². The van der Waals surface area contributed by atoms with E-state index in [1.165, 1.54) is 206 Å². The first-order chi connectivity index (χ1) is 31.4. The van der Waals surface area contributed by atoms with Crippen molar-refractivity contribution >= 4 is 0 Å². The van der Waals surface area contributed by atoms with Crippen molar-refractivity contribution in [2.45, 2.75) is 311 Å². The van der Waals surface area contributed by atoms with Crippen molar-refractivity contribution in [3.63, 3.8) is 0 Å². The lowest BCUT2D eigenvalue weighted by atomic mass is 9.41. The Morgan fingerprint density at radius 2 is 0.891 bits per heavy atom. The summed E-state index contributed by atoms with van der Waals surface area (Å²) in [5, 5.41) is 7.98. The monoisotopic (exact) mass is 880 g/mol. The second kappa shape index (κ2) is 18.9. The maximum Gasteiger partial charge on any atom is 0.0600 e. The highest BCUT2D eigenvalue weighted by Gasteiger charge is 2.67. The van der Waals surface area contributed by atoms with Gasteiger partial charge in [0, 0.05) is 53.9 Å². The first kappa shape index (κ1) is 45.0. The van der Waals surface area contributed by atoms with Gasteiger partial charge in [-0.2, -0.15) is 0 Å². The van der Waals surface area contributed by atoms with Crippen LogP contribution in [-0.2, 0) is 0 Å².